The highest BCUT2D eigenvalue weighted by Gasteiger charge is 2.14. The van der Waals surface area contributed by atoms with Gasteiger partial charge in [0.2, 0.25) is 12.8 Å². The molecule has 0 saturated carbocycles. The first kappa shape index (κ1) is 15.8. The number of para-hydroxylation sites is 1. The van der Waals surface area contributed by atoms with Gasteiger partial charge < -0.3 is 5.32 Å². The summed E-state index contributed by atoms with van der Waals surface area (Å²) in [6.45, 7) is -0.492. The molecular weight excluding hydrogens is 306 g/mol. The number of nitrogens with one attached hydrogen (secondary N) is 1. The van der Waals surface area contributed by atoms with Crippen molar-refractivity contribution in [2.24, 2.45) is 0 Å². The van der Waals surface area contributed by atoms with Crippen LogP contribution in [0, 0.1) is 20.2 Å². The normalized spacial score (nSPS) is 11.0. The van der Waals surface area contributed by atoms with Crippen molar-refractivity contribution >= 4 is 12.1 Å². The average Bonchev–Trinajstić information content (AvgIpc) is 2.90. The molecule has 10 nitrogen and oxygen atoms in total. The molecule has 0 aliphatic heterocycles. The second kappa shape index (κ2) is 6.93. The topological polar surface area (TPSA) is 133 Å². The van der Waals surface area contributed by atoms with Crippen LogP contribution in [-0.2, 0) is 11.3 Å². The van der Waals surface area contributed by atoms with E-state index >= 15 is 0 Å². The number of carbonyl (C=O) groups excluding carboxylic acids is 1. The Kier molecular flexibility index (Phi) is 4.77. The molecule has 2 aromatic rings. The summed E-state index contributed by atoms with van der Waals surface area (Å²) in [5.41, 5.74) is 0.0944. The Labute approximate surface area is 129 Å². The molecule has 0 spiro atoms. The number of hydrogen-bond acceptors (Lipinski definition) is 7. The molecule has 118 valence electrons. The second-order valence-electron chi connectivity index (χ2n) is 4.35. The molecule has 0 saturated heterocycles. The number of aromatic nitrogens is 2. The number of nitro groups is 2. The van der Waals surface area contributed by atoms with Crippen LogP contribution in [0.4, 0.5) is 5.82 Å². The number of hydrogen-bond donors (Lipinski definition) is 1. The predicted molar refractivity (Wildman–Crippen MR) is 79.0 cm³/mol. The minimum Gasteiger partial charge on any atom is -0.340 e. The third kappa shape index (κ3) is 3.97. The second-order valence-corrected chi connectivity index (χ2v) is 4.35. The van der Waals surface area contributed by atoms with Gasteiger partial charge in [-0.05, 0) is 12.1 Å². The highest BCUT2D eigenvalue weighted by atomic mass is 16.6. The summed E-state index contributed by atoms with van der Waals surface area (Å²) in [6.07, 6.45) is 0.994. The maximum absolute atomic E-state index is 10.6. The molecular formula is C13H11N5O5. The Hall–Kier alpha value is -3.56. The number of benzene rings is 1. The SMILES string of the molecule is O=CC(=CNc1cc(C[N+](=O)[O-])nn1-c1ccccc1)[N+](=O)[O-]. The summed E-state index contributed by atoms with van der Waals surface area (Å²) in [4.78, 5) is 30.5. The van der Waals surface area contributed by atoms with Gasteiger partial charge in [-0.2, -0.15) is 5.10 Å². The van der Waals surface area contributed by atoms with Crippen LogP contribution in [-0.4, -0.2) is 25.9 Å². The van der Waals surface area contributed by atoms with Gasteiger partial charge in [0.05, 0.1) is 16.8 Å². The van der Waals surface area contributed by atoms with Crippen LogP contribution < -0.4 is 5.32 Å². The van der Waals surface area contributed by atoms with Crippen LogP contribution in [0.2, 0.25) is 0 Å². The van der Waals surface area contributed by atoms with Crippen molar-refractivity contribution < 1.29 is 14.6 Å². The van der Waals surface area contributed by atoms with Crippen LogP contribution in [0.1, 0.15) is 5.69 Å². The molecule has 1 aromatic carbocycles. The van der Waals surface area contributed by atoms with Gasteiger partial charge in [-0.25, -0.2) is 4.68 Å². The van der Waals surface area contributed by atoms with E-state index in [1.807, 2.05) is 0 Å². The largest absolute Gasteiger partial charge is 0.340 e. The van der Waals surface area contributed by atoms with Gasteiger partial charge in [0.1, 0.15) is 11.5 Å². The van der Waals surface area contributed by atoms with Crippen molar-refractivity contribution in [3.63, 3.8) is 0 Å². The number of allylic oxidation sites excluding steroid dienone is 1. The lowest BCUT2D eigenvalue weighted by Gasteiger charge is -2.06. The third-order valence-electron chi connectivity index (χ3n) is 2.75. The molecule has 0 aliphatic carbocycles. The zero-order valence-electron chi connectivity index (χ0n) is 11.7. The Morgan fingerprint density at radius 1 is 1.26 bits per heavy atom. The Bertz CT molecular complexity index is 768. The monoisotopic (exact) mass is 317 g/mol. The Balaban J connectivity index is 2.40. The van der Waals surface area contributed by atoms with Gasteiger partial charge in [-0.3, -0.25) is 25.0 Å². The lowest BCUT2D eigenvalue weighted by atomic mass is 10.3. The summed E-state index contributed by atoms with van der Waals surface area (Å²) < 4.78 is 1.36. The summed E-state index contributed by atoms with van der Waals surface area (Å²) in [7, 11) is 0. The van der Waals surface area contributed by atoms with Crippen molar-refractivity contribution in [3.8, 4) is 5.69 Å². The fraction of sp³-hybridized carbons (Fsp3) is 0.0769. The minimum absolute atomic E-state index is 0.0914. The smallest absolute Gasteiger partial charge is 0.324 e. The van der Waals surface area contributed by atoms with Crippen LogP contribution in [0.3, 0.4) is 0 Å². The molecule has 10 heteroatoms. The summed E-state index contributed by atoms with van der Waals surface area (Å²) >= 11 is 0. The number of carbonyl (C=O) groups is 1. The van der Waals surface area contributed by atoms with Crippen LogP contribution in [0.15, 0.2) is 48.3 Å². The number of rotatable bonds is 7. The van der Waals surface area contributed by atoms with E-state index in [4.69, 9.17) is 0 Å². The number of nitrogens with zero attached hydrogens (tertiary/aromatic N) is 4. The van der Waals surface area contributed by atoms with Crippen molar-refractivity contribution in [2.75, 3.05) is 5.32 Å². The first-order valence-electron chi connectivity index (χ1n) is 6.33. The van der Waals surface area contributed by atoms with Gasteiger partial charge in [-0.15, -0.1) is 0 Å². The maximum Gasteiger partial charge on any atom is 0.324 e. The molecule has 1 aromatic heterocycles. The third-order valence-corrected chi connectivity index (χ3v) is 2.75. The molecule has 0 atom stereocenters. The van der Waals surface area contributed by atoms with E-state index in [-0.39, 0.29) is 17.8 Å². The fourth-order valence-electron chi connectivity index (χ4n) is 1.79. The molecule has 0 bridgehead atoms. The maximum atomic E-state index is 10.6. The average molecular weight is 317 g/mol. The number of aldehydes is 1. The van der Waals surface area contributed by atoms with Crippen molar-refractivity contribution in [3.05, 3.63) is 74.2 Å². The molecule has 0 amide bonds. The van der Waals surface area contributed by atoms with E-state index in [2.05, 4.69) is 10.4 Å². The molecule has 0 radical (unpaired) electrons. The standard InChI is InChI=1S/C13H11N5O5/c19-9-12(18(22)23)7-14-13-6-10(8-16(20)21)15-17(13)11-4-2-1-3-5-11/h1-7,9,14H,8H2. The molecule has 0 aliphatic rings. The minimum atomic E-state index is -0.846. The van der Waals surface area contributed by atoms with E-state index < -0.39 is 22.1 Å². The fourth-order valence-corrected chi connectivity index (χ4v) is 1.79. The first-order chi connectivity index (χ1) is 11.0. The van der Waals surface area contributed by atoms with E-state index in [1.165, 1.54) is 10.7 Å². The highest BCUT2D eigenvalue weighted by Crippen LogP contribution is 2.18. The van der Waals surface area contributed by atoms with E-state index in [0.29, 0.717) is 5.69 Å². The van der Waals surface area contributed by atoms with Gasteiger partial charge >= 0.3 is 5.70 Å². The summed E-state index contributed by atoms with van der Waals surface area (Å²) in [5.74, 6) is 0.259. The van der Waals surface area contributed by atoms with E-state index in [0.717, 1.165) is 6.20 Å². The van der Waals surface area contributed by atoms with E-state index in [9.17, 15) is 25.0 Å². The van der Waals surface area contributed by atoms with Gasteiger partial charge in [0.25, 0.3) is 0 Å². The quantitative estimate of drug-likeness (QED) is 0.353. The highest BCUT2D eigenvalue weighted by molar-refractivity contribution is 5.70. The van der Waals surface area contributed by atoms with Gasteiger partial charge in [0, 0.05) is 11.0 Å². The molecule has 1 N–H and O–H groups in total. The molecule has 1 heterocycles. The first-order valence-corrected chi connectivity index (χ1v) is 6.33. The number of anilines is 1. The molecule has 0 fully saturated rings. The predicted octanol–water partition coefficient (Wildman–Crippen LogP) is 1.38. The van der Waals surface area contributed by atoms with Crippen molar-refractivity contribution in [1.29, 1.82) is 0 Å². The summed E-state index contributed by atoms with van der Waals surface area (Å²) in [6, 6.07) is 10.1. The molecule has 0 unspecified atom stereocenters. The lowest BCUT2D eigenvalue weighted by molar-refractivity contribution is -0.497. The van der Waals surface area contributed by atoms with Crippen LogP contribution in [0.5, 0.6) is 0 Å². The lowest BCUT2D eigenvalue weighted by Crippen LogP contribution is -2.06. The zero-order chi connectivity index (χ0) is 16.8. The summed E-state index contributed by atoms with van der Waals surface area (Å²) in [5, 5.41) is 27.9. The molecule has 2 rings (SSSR count). The van der Waals surface area contributed by atoms with Crippen molar-refractivity contribution in [2.45, 2.75) is 6.54 Å². The van der Waals surface area contributed by atoms with Crippen LogP contribution in [0.25, 0.3) is 5.69 Å². The Morgan fingerprint density at radius 3 is 2.52 bits per heavy atom. The van der Waals surface area contributed by atoms with Crippen molar-refractivity contribution in [1.82, 2.24) is 9.78 Å². The van der Waals surface area contributed by atoms with Gasteiger partial charge in [0.15, 0.2) is 0 Å². The zero-order valence-corrected chi connectivity index (χ0v) is 11.7. The molecule has 23 heavy (non-hydrogen) atoms. The van der Waals surface area contributed by atoms with E-state index in [1.54, 1.807) is 30.3 Å². The Morgan fingerprint density at radius 2 is 1.96 bits per heavy atom. The van der Waals surface area contributed by atoms with Gasteiger partial charge in [-0.1, -0.05) is 18.2 Å². The van der Waals surface area contributed by atoms with Crippen LogP contribution >= 0.6 is 0 Å².